The van der Waals surface area contributed by atoms with E-state index in [-0.39, 0.29) is 43.1 Å². The minimum Gasteiger partial charge on any atom is -0.493 e. The Hall–Kier alpha value is -6.31. The van der Waals surface area contributed by atoms with E-state index in [4.69, 9.17) is 42.1 Å². The van der Waals surface area contributed by atoms with Crippen molar-refractivity contribution in [3.8, 4) is 23.0 Å². The van der Waals surface area contributed by atoms with E-state index in [1.807, 2.05) is 50.2 Å². The average molecular weight is 857 g/mol. The Labute approximate surface area is 358 Å². The summed E-state index contributed by atoms with van der Waals surface area (Å²) < 4.78 is 29.6. The van der Waals surface area contributed by atoms with E-state index in [1.54, 1.807) is 72.5 Å². The van der Waals surface area contributed by atoms with Crippen LogP contribution in [0.4, 0.5) is 5.82 Å². The Morgan fingerprint density at radius 3 is 1.87 bits per heavy atom. The molecule has 60 heavy (non-hydrogen) atoms. The van der Waals surface area contributed by atoms with E-state index in [9.17, 15) is 14.4 Å². The molecule has 1 amide bonds. The van der Waals surface area contributed by atoms with Crippen LogP contribution in [-0.4, -0.2) is 57.5 Å². The molecule has 2 heterocycles. The van der Waals surface area contributed by atoms with Gasteiger partial charge in [0.05, 0.1) is 26.2 Å². The fourth-order valence-electron chi connectivity index (χ4n) is 5.45. The monoisotopic (exact) mass is 855 g/mol. The summed E-state index contributed by atoms with van der Waals surface area (Å²) in [7, 11) is 3.06. The Morgan fingerprint density at radius 2 is 1.32 bits per heavy atom. The van der Waals surface area contributed by atoms with E-state index in [0.717, 1.165) is 11.1 Å². The van der Waals surface area contributed by atoms with Crippen molar-refractivity contribution < 1.29 is 38.1 Å². The van der Waals surface area contributed by atoms with Crippen LogP contribution in [0.15, 0.2) is 103 Å². The second-order valence-electron chi connectivity index (χ2n) is 14.2. The SMILES string of the molecule is COC(=O)c1cc(CC(=O)c2cc(OCC(C)C)cc(OC(C)C)c2)[nH]n1.Cn1ccc(NC(=O)c2cc(OCc3ccccc3Cl)cc(OCc3ccccc3Cl)c2)n1. The van der Waals surface area contributed by atoms with Crippen LogP contribution < -0.4 is 24.3 Å². The van der Waals surface area contributed by atoms with Crippen LogP contribution >= 0.6 is 23.2 Å². The maximum absolute atomic E-state index is 12.9. The molecule has 0 fully saturated rings. The molecule has 6 aromatic rings. The van der Waals surface area contributed by atoms with Gasteiger partial charge in [-0.15, -0.1) is 0 Å². The number of methoxy groups -OCH3 is 1. The van der Waals surface area contributed by atoms with Crippen LogP contribution in [0.5, 0.6) is 23.0 Å². The first-order chi connectivity index (χ1) is 28.8. The van der Waals surface area contributed by atoms with Crippen LogP contribution in [0, 0.1) is 5.92 Å². The van der Waals surface area contributed by atoms with Crippen LogP contribution in [0.3, 0.4) is 0 Å². The van der Waals surface area contributed by atoms with Gasteiger partial charge in [-0.3, -0.25) is 19.4 Å². The third-order valence-corrected chi connectivity index (χ3v) is 9.07. The lowest BCUT2D eigenvalue weighted by Crippen LogP contribution is -2.13. The van der Waals surface area contributed by atoms with Gasteiger partial charge in [0.1, 0.15) is 36.2 Å². The largest absolute Gasteiger partial charge is 0.493 e. The molecule has 13 nitrogen and oxygen atoms in total. The smallest absolute Gasteiger partial charge is 0.358 e. The number of amides is 1. The van der Waals surface area contributed by atoms with Crippen molar-refractivity contribution in [2.45, 2.75) is 53.4 Å². The zero-order valence-electron chi connectivity index (χ0n) is 34.2. The van der Waals surface area contributed by atoms with Gasteiger partial charge in [0.2, 0.25) is 0 Å². The van der Waals surface area contributed by atoms with E-state index in [2.05, 4.69) is 39.2 Å². The van der Waals surface area contributed by atoms with E-state index >= 15 is 0 Å². The Balaban J connectivity index is 0.000000233. The van der Waals surface area contributed by atoms with Crippen molar-refractivity contribution in [3.05, 3.63) is 147 Å². The number of nitrogens with one attached hydrogen (secondary N) is 2. The average Bonchev–Trinajstić information content (AvgIpc) is 3.87. The Morgan fingerprint density at radius 1 is 0.750 bits per heavy atom. The maximum atomic E-state index is 12.9. The molecule has 0 aliphatic carbocycles. The highest BCUT2D eigenvalue weighted by molar-refractivity contribution is 6.31. The number of anilines is 1. The number of aromatic nitrogens is 4. The van der Waals surface area contributed by atoms with Gasteiger partial charge in [0.25, 0.3) is 5.91 Å². The molecule has 0 spiro atoms. The third kappa shape index (κ3) is 13.6. The second-order valence-corrected chi connectivity index (χ2v) is 15.0. The molecule has 0 saturated heterocycles. The highest BCUT2D eigenvalue weighted by atomic mass is 35.5. The predicted molar refractivity (Wildman–Crippen MR) is 230 cm³/mol. The molecule has 314 valence electrons. The number of halogens is 2. The lowest BCUT2D eigenvalue weighted by molar-refractivity contribution is 0.0593. The van der Waals surface area contributed by atoms with Crippen LogP contribution in [-0.2, 0) is 31.4 Å². The van der Waals surface area contributed by atoms with Gasteiger partial charge >= 0.3 is 5.97 Å². The molecule has 2 N–H and O–H groups in total. The first kappa shape index (κ1) is 44.8. The molecule has 0 radical (unpaired) electrons. The van der Waals surface area contributed by atoms with E-state index in [1.165, 1.54) is 13.2 Å². The predicted octanol–water partition coefficient (Wildman–Crippen LogP) is 9.58. The molecule has 0 saturated carbocycles. The van der Waals surface area contributed by atoms with E-state index < -0.39 is 5.97 Å². The number of hydrogen-bond donors (Lipinski definition) is 2. The molecule has 15 heteroatoms. The number of carbonyl (C=O) groups excluding carboxylic acids is 3. The van der Waals surface area contributed by atoms with Crippen molar-refractivity contribution in [2.24, 2.45) is 13.0 Å². The van der Waals surface area contributed by atoms with Gasteiger partial charge in [-0.1, -0.05) is 73.4 Å². The van der Waals surface area contributed by atoms with Crippen molar-refractivity contribution >= 4 is 46.7 Å². The number of carbonyl (C=O) groups is 3. The molecular formula is C45H47Cl2N5O8. The number of ketones is 1. The number of nitrogens with zero attached hydrogens (tertiary/aromatic N) is 3. The number of aromatic amines is 1. The van der Waals surface area contributed by atoms with Crippen molar-refractivity contribution in [2.75, 3.05) is 19.0 Å². The molecule has 4 aromatic carbocycles. The van der Waals surface area contributed by atoms with Crippen molar-refractivity contribution in [1.29, 1.82) is 0 Å². The molecule has 2 aromatic heterocycles. The zero-order chi connectivity index (χ0) is 43.2. The van der Waals surface area contributed by atoms with Gasteiger partial charge in [0.15, 0.2) is 17.3 Å². The number of benzene rings is 4. The lowest BCUT2D eigenvalue weighted by atomic mass is 10.1. The summed E-state index contributed by atoms with van der Waals surface area (Å²) in [6, 6.07) is 28.3. The number of H-pyrrole nitrogens is 1. The van der Waals surface area contributed by atoms with Crippen LogP contribution in [0.1, 0.15) is 75.7 Å². The summed E-state index contributed by atoms with van der Waals surface area (Å²) >= 11 is 12.5. The summed E-state index contributed by atoms with van der Waals surface area (Å²) in [5, 5.41) is 14.7. The lowest BCUT2D eigenvalue weighted by Gasteiger charge is -2.14. The fraction of sp³-hybridized carbons (Fsp3) is 0.267. The molecule has 0 unspecified atom stereocenters. The van der Waals surface area contributed by atoms with Crippen LogP contribution in [0.25, 0.3) is 0 Å². The molecule has 0 bridgehead atoms. The minimum atomic E-state index is -0.554. The summed E-state index contributed by atoms with van der Waals surface area (Å²) in [6.45, 7) is 8.98. The Bertz CT molecular complexity index is 2330. The van der Waals surface area contributed by atoms with Gasteiger partial charge in [-0.05, 0) is 62.2 Å². The number of aryl methyl sites for hydroxylation is 1. The number of ether oxygens (including phenoxy) is 5. The minimum absolute atomic E-state index is 0.0245. The molecule has 0 atom stereocenters. The standard InChI is InChI=1S/C25H21Cl2N3O3.C20H26N2O5/c1-30-11-10-24(29-30)28-25(31)19-12-20(32-15-17-6-2-4-8-22(17)26)14-21(13-19)33-16-18-7-3-5-9-23(18)27;1-12(2)11-26-16-6-14(7-17(10-16)27-13(3)4)19(23)9-15-8-18(22-21-15)20(24)25-5/h2-14H,15-16H2,1H3,(H,28,29,31);6-8,10,12-13H,9,11H2,1-5H3,(H,21,22). The van der Waals surface area contributed by atoms with Crippen molar-refractivity contribution in [3.63, 3.8) is 0 Å². The van der Waals surface area contributed by atoms with Crippen LogP contribution in [0.2, 0.25) is 10.0 Å². The number of hydrogen-bond acceptors (Lipinski definition) is 10. The maximum Gasteiger partial charge on any atom is 0.358 e. The summed E-state index contributed by atoms with van der Waals surface area (Å²) in [4.78, 5) is 37.1. The second kappa shape index (κ2) is 21.6. The van der Waals surface area contributed by atoms with E-state index in [0.29, 0.717) is 68.2 Å². The number of esters is 1. The molecule has 0 aliphatic rings. The Kier molecular flexibility index (Phi) is 16.1. The topological polar surface area (TPSA) is 156 Å². The first-order valence-electron chi connectivity index (χ1n) is 19.0. The fourth-order valence-corrected chi connectivity index (χ4v) is 5.83. The van der Waals surface area contributed by atoms with Gasteiger partial charge in [-0.2, -0.15) is 10.2 Å². The summed E-state index contributed by atoms with van der Waals surface area (Å²) in [5.74, 6) is 1.89. The molecule has 0 aliphatic heterocycles. The highest BCUT2D eigenvalue weighted by Gasteiger charge is 2.17. The highest BCUT2D eigenvalue weighted by Crippen LogP contribution is 2.28. The summed E-state index contributed by atoms with van der Waals surface area (Å²) in [5.41, 5.74) is 3.17. The van der Waals surface area contributed by atoms with Gasteiger partial charge in [0, 0.05) is 69.4 Å². The van der Waals surface area contributed by atoms with Gasteiger partial charge < -0.3 is 29.0 Å². The normalized spacial score (nSPS) is 10.8. The van der Waals surface area contributed by atoms with Gasteiger partial charge in [-0.25, -0.2) is 4.79 Å². The molecular weight excluding hydrogens is 809 g/mol. The quantitative estimate of drug-likeness (QED) is 0.0669. The molecule has 6 rings (SSSR count). The third-order valence-electron chi connectivity index (χ3n) is 8.34. The number of rotatable bonds is 17. The first-order valence-corrected chi connectivity index (χ1v) is 19.8. The summed E-state index contributed by atoms with van der Waals surface area (Å²) in [6.07, 6.45) is 1.79. The van der Waals surface area contributed by atoms with Crippen molar-refractivity contribution in [1.82, 2.24) is 20.0 Å². The zero-order valence-corrected chi connectivity index (χ0v) is 35.7. The number of Topliss-reactive ketones (excluding diaryl/α,β-unsaturated/α-hetero) is 1.